The van der Waals surface area contributed by atoms with Gasteiger partial charge in [-0.25, -0.2) is 8.42 Å². The van der Waals surface area contributed by atoms with Crippen molar-refractivity contribution in [3.8, 4) is 0 Å². The first-order valence-electron chi connectivity index (χ1n) is 8.85. The summed E-state index contributed by atoms with van der Waals surface area (Å²) in [6.45, 7) is 3.05. The Morgan fingerprint density at radius 1 is 1.04 bits per heavy atom. The minimum absolute atomic E-state index is 0.0730. The minimum atomic E-state index is -2.84. The molecule has 0 aromatic heterocycles. The molecule has 0 bridgehead atoms. The highest BCUT2D eigenvalue weighted by Gasteiger charge is 2.37. The molecule has 0 unspecified atom stereocenters. The number of sulfone groups is 1. The second kappa shape index (κ2) is 6.42. The summed E-state index contributed by atoms with van der Waals surface area (Å²) in [5, 5.41) is 2.21. The predicted octanol–water partition coefficient (Wildman–Crippen LogP) is 0.368. The molecule has 0 spiro atoms. The lowest BCUT2D eigenvalue weighted by molar-refractivity contribution is -0.925. The van der Waals surface area contributed by atoms with Gasteiger partial charge in [0.05, 0.1) is 31.9 Å². The van der Waals surface area contributed by atoms with Gasteiger partial charge in [-0.05, 0) is 22.9 Å². The number of hydrogen-bond acceptors (Lipinski definition) is 3. The van der Waals surface area contributed by atoms with Crippen LogP contribution in [0.25, 0.3) is 10.8 Å². The maximum Gasteiger partial charge on any atom is 0.254 e. The van der Waals surface area contributed by atoms with Gasteiger partial charge in [0, 0.05) is 12.0 Å². The zero-order chi connectivity index (χ0) is 17.4. The van der Waals surface area contributed by atoms with Crippen molar-refractivity contribution in [2.75, 3.05) is 37.7 Å². The van der Waals surface area contributed by atoms with Crippen molar-refractivity contribution in [1.82, 2.24) is 4.90 Å². The fourth-order valence-electron chi connectivity index (χ4n) is 4.03. The van der Waals surface area contributed by atoms with Gasteiger partial charge in [0.2, 0.25) is 0 Å². The van der Waals surface area contributed by atoms with Gasteiger partial charge < -0.3 is 9.80 Å². The quantitative estimate of drug-likeness (QED) is 0.843. The van der Waals surface area contributed by atoms with Crippen LogP contribution in [0.3, 0.4) is 0 Å². The number of nitrogens with zero attached hydrogens (tertiary/aromatic N) is 1. The largest absolute Gasteiger partial charge is 0.329 e. The number of hydrogen-bond donors (Lipinski definition) is 1. The van der Waals surface area contributed by atoms with Crippen LogP contribution in [0.1, 0.15) is 16.8 Å². The SMILES string of the molecule is O=C(c1ccc2ccccc2c1)N1CC[NH+]([C@@H]2CCS(=O)(=O)C2)CC1. The molecule has 2 aromatic carbocycles. The van der Waals surface area contributed by atoms with Crippen molar-refractivity contribution in [1.29, 1.82) is 0 Å². The van der Waals surface area contributed by atoms with Crippen LogP contribution in [0, 0.1) is 0 Å². The van der Waals surface area contributed by atoms with Gasteiger partial charge in [0.25, 0.3) is 5.91 Å². The van der Waals surface area contributed by atoms with Crippen LogP contribution in [0.15, 0.2) is 42.5 Å². The molecule has 0 radical (unpaired) electrons. The van der Waals surface area contributed by atoms with E-state index in [-0.39, 0.29) is 11.9 Å². The van der Waals surface area contributed by atoms with E-state index < -0.39 is 9.84 Å². The Bertz CT molecular complexity index is 902. The van der Waals surface area contributed by atoms with Crippen molar-refractivity contribution in [3.05, 3.63) is 48.0 Å². The molecule has 2 aliphatic rings. The van der Waals surface area contributed by atoms with Crippen LogP contribution in [0.4, 0.5) is 0 Å². The average molecular weight is 359 g/mol. The molecule has 1 N–H and O–H groups in total. The van der Waals surface area contributed by atoms with Crippen molar-refractivity contribution >= 4 is 26.5 Å². The van der Waals surface area contributed by atoms with Gasteiger partial charge >= 0.3 is 0 Å². The van der Waals surface area contributed by atoms with Crippen LogP contribution >= 0.6 is 0 Å². The number of amides is 1. The molecule has 2 fully saturated rings. The number of carbonyl (C=O) groups is 1. The van der Waals surface area contributed by atoms with E-state index in [0.717, 1.165) is 35.8 Å². The monoisotopic (exact) mass is 359 g/mol. The summed E-state index contributed by atoms with van der Waals surface area (Å²) in [5.41, 5.74) is 0.727. The van der Waals surface area contributed by atoms with Crippen molar-refractivity contribution in [2.24, 2.45) is 0 Å². The average Bonchev–Trinajstić information content (AvgIpc) is 3.01. The number of rotatable bonds is 2. The molecular formula is C19H23N2O3S+. The summed E-state index contributed by atoms with van der Waals surface area (Å²) >= 11 is 0. The highest BCUT2D eigenvalue weighted by atomic mass is 32.2. The van der Waals surface area contributed by atoms with E-state index in [2.05, 4.69) is 0 Å². The van der Waals surface area contributed by atoms with Crippen molar-refractivity contribution < 1.29 is 18.1 Å². The standard InChI is InChI=1S/C19H22N2O3S/c22-19(17-6-5-15-3-1-2-4-16(15)13-17)21-10-8-20(9-11-21)18-7-12-25(23,24)14-18/h1-6,13,18H,7-12,14H2/p+1/t18-/m1/s1. The molecule has 5 nitrogen and oxygen atoms in total. The summed E-state index contributed by atoms with van der Waals surface area (Å²) in [6.07, 6.45) is 0.760. The maximum absolute atomic E-state index is 12.8. The number of benzene rings is 2. The van der Waals surface area contributed by atoms with E-state index in [1.807, 2.05) is 47.4 Å². The number of quaternary nitrogens is 1. The summed E-state index contributed by atoms with van der Waals surface area (Å²) in [6, 6.07) is 14.1. The second-order valence-corrected chi connectivity index (χ2v) is 9.34. The molecule has 2 aromatic rings. The third-order valence-corrected chi connectivity index (χ3v) is 7.27. The molecule has 0 saturated carbocycles. The van der Waals surface area contributed by atoms with Gasteiger partial charge in [-0.2, -0.15) is 0 Å². The first kappa shape index (κ1) is 16.5. The fraction of sp³-hybridized carbons (Fsp3) is 0.421. The van der Waals surface area contributed by atoms with E-state index in [9.17, 15) is 13.2 Å². The van der Waals surface area contributed by atoms with Gasteiger partial charge in [-0.15, -0.1) is 0 Å². The van der Waals surface area contributed by atoms with Gasteiger partial charge in [0.15, 0.2) is 9.84 Å². The van der Waals surface area contributed by atoms with E-state index in [0.29, 0.717) is 24.6 Å². The van der Waals surface area contributed by atoms with Gasteiger partial charge in [0.1, 0.15) is 11.8 Å². The minimum Gasteiger partial charge on any atom is -0.329 e. The summed E-state index contributed by atoms with van der Waals surface area (Å²) in [7, 11) is -2.84. The predicted molar refractivity (Wildman–Crippen MR) is 97.6 cm³/mol. The smallest absolute Gasteiger partial charge is 0.254 e. The van der Waals surface area contributed by atoms with Crippen LogP contribution in [0.2, 0.25) is 0 Å². The third kappa shape index (κ3) is 3.41. The molecule has 6 heteroatoms. The Labute approximate surface area is 148 Å². The highest BCUT2D eigenvalue weighted by molar-refractivity contribution is 7.91. The third-order valence-electron chi connectivity index (χ3n) is 5.50. The number of piperazine rings is 1. The lowest BCUT2D eigenvalue weighted by atomic mass is 10.1. The molecule has 0 aliphatic carbocycles. The molecule has 2 saturated heterocycles. The number of carbonyl (C=O) groups excluding carboxylic acids is 1. The summed E-state index contributed by atoms with van der Waals surface area (Å²) in [5.74, 6) is 0.700. The Hall–Kier alpha value is -1.92. The van der Waals surface area contributed by atoms with Crippen molar-refractivity contribution in [2.45, 2.75) is 12.5 Å². The van der Waals surface area contributed by atoms with Crippen LogP contribution in [-0.2, 0) is 9.84 Å². The van der Waals surface area contributed by atoms with Gasteiger partial charge in [-0.3, -0.25) is 4.79 Å². The van der Waals surface area contributed by atoms with E-state index in [1.54, 1.807) is 0 Å². The number of nitrogens with one attached hydrogen (secondary N) is 1. The molecule has 1 amide bonds. The van der Waals surface area contributed by atoms with Crippen LogP contribution in [0.5, 0.6) is 0 Å². The molecular weight excluding hydrogens is 336 g/mol. The van der Waals surface area contributed by atoms with Gasteiger partial charge in [-0.1, -0.05) is 30.3 Å². The molecule has 1 atom stereocenters. The Balaban J connectivity index is 1.42. The molecule has 2 aliphatic heterocycles. The Morgan fingerprint density at radius 2 is 1.76 bits per heavy atom. The van der Waals surface area contributed by atoms with E-state index in [4.69, 9.17) is 0 Å². The topological polar surface area (TPSA) is 58.9 Å². The Morgan fingerprint density at radius 3 is 2.44 bits per heavy atom. The first-order valence-corrected chi connectivity index (χ1v) is 10.7. The van der Waals surface area contributed by atoms with E-state index in [1.165, 1.54) is 4.90 Å². The highest BCUT2D eigenvalue weighted by Crippen LogP contribution is 2.17. The number of fused-ring (bicyclic) bond motifs is 1. The second-order valence-electron chi connectivity index (χ2n) is 7.11. The van der Waals surface area contributed by atoms with Crippen molar-refractivity contribution in [3.63, 3.8) is 0 Å². The molecule has 132 valence electrons. The molecule has 4 rings (SSSR count). The lowest BCUT2D eigenvalue weighted by Gasteiger charge is -2.35. The summed E-state index contributed by atoms with van der Waals surface area (Å²) < 4.78 is 23.3. The lowest BCUT2D eigenvalue weighted by Crippen LogP contribution is -3.18. The molecule has 25 heavy (non-hydrogen) atoms. The van der Waals surface area contributed by atoms with E-state index >= 15 is 0 Å². The van der Waals surface area contributed by atoms with Crippen LogP contribution in [-0.4, -0.2) is 63.0 Å². The zero-order valence-corrected chi connectivity index (χ0v) is 15.0. The molecule has 2 heterocycles. The normalized spacial score (nSPS) is 23.8. The first-order chi connectivity index (χ1) is 12.0. The van der Waals surface area contributed by atoms with Crippen LogP contribution < -0.4 is 4.90 Å². The maximum atomic E-state index is 12.8. The zero-order valence-electron chi connectivity index (χ0n) is 14.1. The Kier molecular flexibility index (Phi) is 4.25. The fourth-order valence-corrected chi connectivity index (χ4v) is 5.85. The summed E-state index contributed by atoms with van der Waals surface area (Å²) in [4.78, 5) is 16.0.